The highest BCUT2D eigenvalue weighted by Gasteiger charge is 2.04. The SMILES string of the molecule is O=C(Nc1ccc(Br)cn1)Nc1ccco1. The van der Waals surface area contributed by atoms with E-state index in [1.165, 1.54) is 6.26 Å². The summed E-state index contributed by atoms with van der Waals surface area (Å²) in [5, 5.41) is 5.08. The van der Waals surface area contributed by atoms with E-state index in [0.717, 1.165) is 4.47 Å². The van der Waals surface area contributed by atoms with Crippen LogP contribution >= 0.6 is 15.9 Å². The van der Waals surface area contributed by atoms with Crippen molar-refractivity contribution in [3.8, 4) is 0 Å². The van der Waals surface area contributed by atoms with Crippen LogP contribution in [0.5, 0.6) is 0 Å². The van der Waals surface area contributed by atoms with E-state index >= 15 is 0 Å². The van der Waals surface area contributed by atoms with Crippen molar-refractivity contribution >= 4 is 33.7 Å². The van der Waals surface area contributed by atoms with Crippen LogP contribution < -0.4 is 10.6 Å². The summed E-state index contributed by atoms with van der Waals surface area (Å²) in [6.07, 6.45) is 3.08. The third-order valence-corrected chi connectivity index (χ3v) is 2.20. The van der Waals surface area contributed by atoms with E-state index in [2.05, 4.69) is 31.5 Å². The van der Waals surface area contributed by atoms with Crippen LogP contribution in [-0.2, 0) is 0 Å². The Morgan fingerprint density at radius 2 is 2.19 bits per heavy atom. The number of carbonyl (C=O) groups is 1. The summed E-state index contributed by atoms with van der Waals surface area (Å²) in [6, 6.07) is 6.41. The molecule has 82 valence electrons. The quantitative estimate of drug-likeness (QED) is 0.889. The maximum Gasteiger partial charge on any atom is 0.327 e. The molecular formula is C10H8BrN3O2. The van der Waals surface area contributed by atoms with Gasteiger partial charge in [0.25, 0.3) is 0 Å². The first-order valence-corrected chi connectivity index (χ1v) is 5.26. The minimum atomic E-state index is -0.398. The van der Waals surface area contributed by atoms with Crippen LogP contribution in [0.4, 0.5) is 16.5 Å². The number of urea groups is 1. The number of furan rings is 1. The highest BCUT2D eigenvalue weighted by atomic mass is 79.9. The number of rotatable bonds is 2. The molecule has 6 heteroatoms. The molecule has 0 aliphatic heterocycles. The molecule has 0 unspecified atom stereocenters. The monoisotopic (exact) mass is 281 g/mol. The standard InChI is InChI=1S/C10H8BrN3O2/c11-7-3-4-8(12-6-7)13-10(15)14-9-2-1-5-16-9/h1-6H,(H2,12,13,14,15). The van der Waals surface area contributed by atoms with Gasteiger partial charge >= 0.3 is 6.03 Å². The number of hydrogen-bond acceptors (Lipinski definition) is 3. The van der Waals surface area contributed by atoms with E-state index in [1.807, 2.05) is 0 Å². The molecule has 0 aromatic carbocycles. The largest absolute Gasteiger partial charge is 0.449 e. The van der Waals surface area contributed by atoms with Gasteiger partial charge in [0.1, 0.15) is 5.82 Å². The number of pyridine rings is 1. The first-order chi connectivity index (χ1) is 7.74. The number of hydrogen-bond donors (Lipinski definition) is 2. The summed E-state index contributed by atoms with van der Waals surface area (Å²) in [5.74, 6) is 0.849. The lowest BCUT2D eigenvalue weighted by molar-refractivity contribution is 0.261. The van der Waals surface area contributed by atoms with Gasteiger partial charge in [0, 0.05) is 16.7 Å². The van der Waals surface area contributed by atoms with Crippen LogP contribution in [0.25, 0.3) is 0 Å². The van der Waals surface area contributed by atoms with Crippen molar-refractivity contribution < 1.29 is 9.21 Å². The smallest absolute Gasteiger partial charge is 0.327 e. The first-order valence-electron chi connectivity index (χ1n) is 4.47. The van der Waals surface area contributed by atoms with Gasteiger partial charge in [-0.2, -0.15) is 0 Å². The van der Waals surface area contributed by atoms with Crippen molar-refractivity contribution in [2.45, 2.75) is 0 Å². The summed E-state index contributed by atoms with van der Waals surface area (Å²) in [5.41, 5.74) is 0. The Morgan fingerprint density at radius 3 is 2.81 bits per heavy atom. The fourth-order valence-electron chi connectivity index (χ4n) is 1.06. The molecule has 2 rings (SSSR count). The minimum absolute atomic E-state index is 0.384. The van der Waals surface area contributed by atoms with Crippen molar-refractivity contribution in [1.82, 2.24) is 4.98 Å². The van der Waals surface area contributed by atoms with Gasteiger partial charge in [0.15, 0.2) is 0 Å². The normalized spacial score (nSPS) is 9.81. The average Bonchev–Trinajstić information content (AvgIpc) is 2.74. The molecule has 2 N–H and O–H groups in total. The van der Waals surface area contributed by atoms with Crippen LogP contribution in [0.3, 0.4) is 0 Å². The number of nitrogens with one attached hydrogen (secondary N) is 2. The molecule has 0 spiro atoms. The highest BCUT2D eigenvalue weighted by molar-refractivity contribution is 9.10. The van der Waals surface area contributed by atoms with Gasteiger partial charge < -0.3 is 4.42 Å². The summed E-state index contributed by atoms with van der Waals surface area (Å²) < 4.78 is 5.81. The molecule has 5 nitrogen and oxygen atoms in total. The van der Waals surface area contributed by atoms with Crippen LogP contribution in [0.15, 0.2) is 45.6 Å². The number of carbonyl (C=O) groups excluding carboxylic acids is 1. The molecule has 0 saturated heterocycles. The van der Waals surface area contributed by atoms with Crippen LogP contribution in [0.2, 0.25) is 0 Å². The number of anilines is 2. The van der Waals surface area contributed by atoms with Crippen molar-refractivity contribution in [3.05, 3.63) is 41.2 Å². The first kappa shape index (κ1) is 10.7. The maximum atomic E-state index is 11.4. The molecule has 0 fully saturated rings. The Morgan fingerprint density at radius 1 is 1.31 bits per heavy atom. The minimum Gasteiger partial charge on any atom is -0.449 e. The Balaban J connectivity index is 1.95. The molecule has 0 saturated carbocycles. The molecule has 0 aliphatic carbocycles. The molecule has 16 heavy (non-hydrogen) atoms. The lowest BCUT2D eigenvalue weighted by atomic mass is 10.5. The number of nitrogens with zero attached hydrogens (tertiary/aromatic N) is 1. The topological polar surface area (TPSA) is 67.2 Å². The van der Waals surface area contributed by atoms with E-state index in [4.69, 9.17) is 4.42 Å². The maximum absolute atomic E-state index is 11.4. The summed E-state index contributed by atoms with van der Waals surface area (Å²) in [6.45, 7) is 0. The second kappa shape index (κ2) is 4.80. The summed E-state index contributed by atoms with van der Waals surface area (Å²) in [7, 11) is 0. The lowest BCUT2D eigenvalue weighted by Crippen LogP contribution is -2.19. The highest BCUT2D eigenvalue weighted by Crippen LogP contribution is 2.11. The number of halogens is 1. The average molecular weight is 282 g/mol. The molecule has 0 atom stereocenters. The third-order valence-electron chi connectivity index (χ3n) is 1.73. The van der Waals surface area contributed by atoms with E-state index in [1.54, 1.807) is 30.5 Å². The number of amides is 2. The lowest BCUT2D eigenvalue weighted by Gasteiger charge is -2.04. The Kier molecular flexibility index (Phi) is 3.21. The molecular weight excluding hydrogens is 274 g/mol. The summed E-state index contributed by atoms with van der Waals surface area (Å²) in [4.78, 5) is 15.4. The second-order valence-electron chi connectivity index (χ2n) is 2.92. The molecule has 2 aromatic rings. The Bertz CT molecular complexity index is 467. The zero-order valence-corrected chi connectivity index (χ0v) is 9.69. The van der Waals surface area contributed by atoms with Crippen molar-refractivity contribution in [2.75, 3.05) is 10.6 Å². The molecule has 2 aromatic heterocycles. The van der Waals surface area contributed by atoms with Gasteiger partial charge in [-0.05, 0) is 34.1 Å². The van der Waals surface area contributed by atoms with Gasteiger partial charge in [-0.1, -0.05) is 0 Å². The predicted molar refractivity (Wildman–Crippen MR) is 63.3 cm³/mol. The third kappa shape index (κ3) is 2.83. The zero-order chi connectivity index (χ0) is 11.4. The Labute approximate surface area is 100.0 Å². The van der Waals surface area contributed by atoms with E-state index in [9.17, 15) is 4.79 Å². The van der Waals surface area contributed by atoms with Crippen LogP contribution in [0.1, 0.15) is 0 Å². The molecule has 0 radical (unpaired) electrons. The van der Waals surface area contributed by atoms with Gasteiger partial charge in [-0.25, -0.2) is 9.78 Å². The molecule has 0 bridgehead atoms. The fourth-order valence-corrected chi connectivity index (χ4v) is 1.29. The number of aromatic nitrogens is 1. The molecule has 2 amide bonds. The second-order valence-corrected chi connectivity index (χ2v) is 3.83. The van der Waals surface area contributed by atoms with Crippen molar-refractivity contribution in [1.29, 1.82) is 0 Å². The van der Waals surface area contributed by atoms with Crippen molar-refractivity contribution in [3.63, 3.8) is 0 Å². The van der Waals surface area contributed by atoms with E-state index in [0.29, 0.717) is 11.7 Å². The van der Waals surface area contributed by atoms with Crippen molar-refractivity contribution in [2.24, 2.45) is 0 Å². The van der Waals surface area contributed by atoms with E-state index < -0.39 is 6.03 Å². The zero-order valence-electron chi connectivity index (χ0n) is 8.11. The van der Waals surface area contributed by atoms with Gasteiger partial charge in [-0.15, -0.1) is 0 Å². The predicted octanol–water partition coefficient (Wildman–Crippen LogP) is 3.08. The van der Waals surface area contributed by atoms with Gasteiger partial charge in [-0.3, -0.25) is 10.6 Å². The van der Waals surface area contributed by atoms with Gasteiger partial charge in [0.05, 0.1) is 6.26 Å². The molecule has 0 aliphatic rings. The van der Waals surface area contributed by atoms with Gasteiger partial charge in [0.2, 0.25) is 5.88 Å². The summed E-state index contributed by atoms with van der Waals surface area (Å²) >= 11 is 3.25. The van der Waals surface area contributed by atoms with E-state index in [-0.39, 0.29) is 0 Å². The molecule has 2 heterocycles. The fraction of sp³-hybridized carbons (Fsp3) is 0. The Hall–Kier alpha value is -1.82. The van der Waals surface area contributed by atoms with Crippen LogP contribution in [-0.4, -0.2) is 11.0 Å². The van der Waals surface area contributed by atoms with Crippen LogP contribution in [0, 0.1) is 0 Å².